The van der Waals surface area contributed by atoms with E-state index in [2.05, 4.69) is 59.6 Å². The van der Waals surface area contributed by atoms with Crippen molar-refractivity contribution < 1.29 is 0 Å². The van der Waals surface area contributed by atoms with Gasteiger partial charge in [-0.1, -0.05) is 0 Å². The zero-order chi connectivity index (χ0) is 11.1. The van der Waals surface area contributed by atoms with Crippen LogP contribution in [0.4, 0.5) is 0 Å². The number of allylic oxidation sites excluding steroid dienone is 2. The Bertz CT molecular complexity index is 224. The molecule has 0 atom stereocenters. The maximum absolute atomic E-state index is 4.30. The van der Waals surface area contributed by atoms with Crippen LogP contribution >= 0.6 is 12.6 Å². The minimum atomic E-state index is 0.472. The van der Waals surface area contributed by atoms with Crippen LogP contribution in [0.3, 0.4) is 0 Å². The minimum absolute atomic E-state index is 0.472. The topological polar surface area (TPSA) is 15.6 Å². The fraction of sp³-hybridized carbons (Fsp3) is 0.700. The van der Waals surface area contributed by atoms with Gasteiger partial charge in [0.1, 0.15) is 0 Å². The Kier molecular flexibility index (Phi) is 7.01. The van der Waals surface area contributed by atoms with E-state index in [0.29, 0.717) is 12.2 Å². The van der Waals surface area contributed by atoms with Gasteiger partial charge in [0.2, 0.25) is 0 Å². The Hall–Kier alpha value is -0.223. The van der Waals surface area contributed by atoms with Crippen molar-refractivity contribution in [3.63, 3.8) is 0 Å². The van der Waals surface area contributed by atoms with Crippen LogP contribution in [0.2, 0.25) is 0 Å². The van der Waals surface area contributed by atoms with E-state index in [-0.39, 0.29) is 0 Å². The molecule has 0 saturated heterocycles. The second-order valence-electron chi connectivity index (χ2n) is 3.45. The normalized spacial score (nSPS) is 13.6. The van der Waals surface area contributed by atoms with Crippen molar-refractivity contribution >= 4 is 28.6 Å². The number of hydrogen-bond donors (Lipinski definition) is 1. The van der Waals surface area contributed by atoms with Crippen LogP contribution in [-0.4, -0.2) is 38.9 Å². The molecule has 0 aromatic heterocycles. The third-order valence-electron chi connectivity index (χ3n) is 1.97. The number of rotatable bonds is 5. The van der Waals surface area contributed by atoms with Crippen molar-refractivity contribution in [1.82, 2.24) is 4.90 Å². The van der Waals surface area contributed by atoms with Crippen molar-refractivity contribution in [2.45, 2.75) is 33.7 Å². The first kappa shape index (κ1) is 13.8. The van der Waals surface area contributed by atoms with Crippen LogP contribution in [0, 0.1) is 0 Å². The molecule has 2 nitrogen and oxygen atoms in total. The Labute approximate surface area is 96.3 Å². The Balaban J connectivity index is 4.56. The number of thiol groups is 1. The van der Waals surface area contributed by atoms with Gasteiger partial charge in [-0.2, -0.15) is 12.6 Å². The molecule has 4 heteroatoms. The average Bonchev–Trinajstić information content (AvgIpc) is 2.04. The van der Waals surface area contributed by atoms with Gasteiger partial charge in [0.05, 0.1) is 16.1 Å². The molecule has 0 aliphatic rings. The summed E-state index contributed by atoms with van der Waals surface area (Å²) in [4.78, 5) is 6.46. The van der Waals surface area contributed by atoms with Crippen LogP contribution in [0.1, 0.15) is 27.7 Å². The summed E-state index contributed by atoms with van der Waals surface area (Å²) in [6.07, 6.45) is 2.73. The average molecular weight is 227 g/mol. The van der Waals surface area contributed by atoms with E-state index in [1.54, 1.807) is 0 Å². The number of aliphatic imine (C=N–C) groups is 1. The Morgan fingerprint density at radius 2 is 2.07 bits per heavy atom. The predicted molar refractivity (Wildman–Crippen MR) is 68.3 cm³/mol. The summed E-state index contributed by atoms with van der Waals surface area (Å²) in [5, 5.41) is 0. The van der Waals surface area contributed by atoms with Gasteiger partial charge >= 0.3 is 0 Å². The largest absolute Gasteiger partial charge is 0.364 e. The van der Waals surface area contributed by atoms with Gasteiger partial charge in [0, 0.05) is 23.6 Å². The standard InChI is InChI=1S/C10H19N2SSi/c1-8(2)12(7-13)10(4)5-9(3)11-6-14/h5,8,13H,6-7H2,1-4H3/b10-5-,11-9+. The van der Waals surface area contributed by atoms with Crippen LogP contribution in [0.5, 0.6) is 0 Å². The lowest BCUT2D eigenvalue weighted by molar-refractivity contribution is 0.333. The van der Waals surface area contributed by atoms with Crippen LogP contribution in [0.25, 0.3) is 0 Å². The summed E-state index contributed by atoms with van der Waals surface area (Å²) in [6.45, 7) is 8.40. The van der Waals surface area contributed by atoms with E-state index >= 15 is 0 Å². The summed E-state index contributed by atoms with van der Waals surface area (Å²) in [7, 11) is 3.32. The van der Waals surface area contributed by atoms with Crippen molar-refractivity contribution in [2.24, 2.45) is 4.99 Å². The van der Waals surface area contributed by atoms with Crippen molar-refractivity contribution in [3.05, 3.63) is 11.8 Å². The molecule has 0 aliphatic heterocycles. The fourth-order valence-electron chi connectivity index (χ4n) is 1.24. The second-order valence-corrected chi connectivity index (χ2v) is 4.05. The summed E-state index contributed by atoms with van der Waals surface area (Å²) >= 11 is 4.30. The Morgan fingerprint density at radius 3 is 2.43 bits per heavy atom. The minimum Gasteiger partial charge on any atom is -0.364 e. The molecular formula is C10H19N2SSi. The molecule has 0 N–H and O–H groups in total. The molecule has 0 aromatic carbocycles. The van der Waals surface area contributed by atoms with Gasteiger partial charge in [-0.3, -0.25) is 4.99 Å². The van der Waals surface area contributed by atoms with Crippen molar-refractivity contribution in [3.8, 4) is 0 Å². The van der Waals surface area contributed by atoms with Gasteiger partial charge in [0.25, 0.3) is 0 Å². The molecule has 0 fully saturated rings. The smallest absolute Gasteiger partial charge is 0.0609 e. The highest BCUT2D eigenvalue weighted by molar-refractivity contribution is 7.80. The Morgan fingerprint density at radius 1 is 1.50 bits per heavy atom. The molecule has 0 amide bonds. The lowest BCUT2D eigenvalue weighted by Crippen LogP contribution is -2.28. The third kappa shape index (κ3) is 4.86. The molecule has 0 spiro atoms. The lowest BCUT2D eigenvalue weighted by Gasteiger charge is -2.27. The van der Waals surface area contributed by atoms with E-state index in [1.807, 2.05) is 6.92 Å². The van der Waals surface area contributed by atoms with Gasteiger partial charge in [-0.15, -0.1) is 0 Å². The molecule has 0 heterocycles. The van der Waals surface area contributed by atoms with Crippen molar-refractivity contribution in [1.29, 1.82) is 0 Å². The van der Waals surface area contributed by atoms with Gasteiger partial charge < -0.3 is 4.90 Å². The molecule has 79 valence electrons. The highest BCUT2D eigenvalue weighted by Crippen LogP contribution is 2.09. The van der Waals surface area contributed by atoms with E-state index in [9.17, 15) is 0 Å². The van der Waals surface area contributed by atoms with Crippen molar-refractivity contribution in [2.75, 3.05) is 12.0 Å². The van der Waals surface area contributed by atoms with E-state index in [0.717, 1.165) is 11.6 Å². The summed E-state index contributed by atoms with van der Waals surface area (Å²) in [5.74, 6) is 0.737. The molecule has 0 aliphatic carbocycles. The zero-order valence-electron chi connectivity index (χ0n) is 9.41. The molecule has 14 heavy (non-hydrogen) atoms. The van der Waals surface area contributed by atoms with Crippen LogP contribution < -0.4 is 0 Å². The summed E-state index contributed by atoms with van der Waals surface area (Å²) < 4.78 is 0. The predicted octanol–water partition coefficient (Wildman–Crippen LogP) is 2.07. The second kappa shape index (κ2) is 7.12. The molecule has 0 aromatic rings. The summed E-state index contributed by atoms with van der Waals surface area (Å²) in [5.41, 5.74) is 2.24. The maximum atomic E-state index is 4.30. The molecule has 0 bridgehead atoms. The molecule has 3 radical (unpaired) electrons. The monoisotopic (exact) mass is 227 g/mol. The molecular weight excluding hydrogens is 208 g/mol. The zero-order valence-corrected chi connectivity index (χ0v) is 11.3. The lowest BCUT2D eigenvalue weighted by atomic mass is 10.2. The van der Waals surface area contributed by atoms with Gasteiger partial charge in [-0.25, -0.2) is 0 Å². The van der Waals surface area contributed by atoms with Gasteiger partial charge in [0.15, 0.2) is 0 Å². The first-order valence-electron chi connectivity index (χ1n) is 4.74. The third-order valence-corrected chi connectivity index (χ3v) is 2.44. The molecule has 0 saturated carbocycles. The number of nitrogens with zero attached hydrogens (tertiary/aromatic N) is 2. The van der Waals surface area contributed by atoms with E-state index < -0.39 is 0 Å². The molecule has 0 rings (SSSR count). The maximum Gasteiger partial charge on any atom is 0.0609 e. The van der Waals surface area contributed by atoms with Crippen LogP contribution in [0.15, 0.2) is 16.8 Å². The first-order valence-corrected chi connectivity index (χ1v) is 6.08. The van der Waals surface area contributed by atoms with Gasteiger partial charge in [-0.05, 0) is 33.8 Å². The molecule has 0 unspecified atom stereocenters. The number of hydrogen-bond acceptors (Lipinski definition) is 3. The highest BCUT2D eigenvalue weighted by Gasteiger charge is 2.06. The fourth-order valence-corrected chi connectivity index (χ4v) is 2.04. The first-order chi connectivity index (χ1) is 6.52. The van der Waals surface area contributed by atoms with Crippen LogP contribution in [-0.2, 0) is 0 Å². The quantitative estimate of drug-likeness (QED) is 0.329. The SMILES string of the molecule is C/C(=C/C(C)=N/C[Si])N(CS)C(C)C. The summed E-state index contributed by atoms with van der Waals surface area (Å²) in [6, 6.07) is 0.472. The van der Waals surface area contributed by atoms with E-state index in [1.165, 1.54) is 5.70 Å². The highest BCUT2D eigenvalue weighted by atomic mass is 32.1. The van der Waals surface area contributed by atoms with E-state index in [4.69, 9.17) is 0 Å².